The van der Waals surface area contributed by atoms with E-state index in [1.54, 1.807) is 0 Å². The number of hydrogen-bond acceptors (Lipinski definition) is 4. The van der Waals surface area contributed by atoms with Gasteiger partial charge in [0.15, 0.2) is 0 Å². The molecule has 1 aliphatic heterocycles. The number of carbonyl (C=O) groups is 2. The fourth-order valence-electron chi connectivity index (χ4n) is 4.68. The van der Waals surface area contributed by atoms with Crippen LogP contribution in [0.25, 0.3) is 11.1 Å². The molecule has 1 heterocycles. The maximum absolute atomic E-state index is 12.7. The number of ether oxygens (including phenoxy) is 1. The van der Waals surface area contributed by atoms with Crippen molar-refractivity contribution in [2.75, 3.05) is 26.7 Å². The number of aliphatic carboxylic acids is 1. The zero-order valence-electron chi connectivity index (χ0n) is 17.2. The van der Waals surface area contributed by atoms with Gasteiger partial charge in [-0.25, -0.2) is 9.59 Å². The second-order valence-electron chi connectivity index (χ2n) is 8.20. The van der Waals surface area contributed by atoms with E-state index in [4.69, 9.17) is 4.74 Å². The van der Waals surface area contributed by atoms with E-state index in [0.29, 0.717) is 12.3 Å². The maximum Gasteiger partial charge on any atom is 0.410 e. The van der Waals surface area contributed by atoms with E-state index in [1.807, 2.05) is 24.3 Å². The van der Waals surface area contributed by atoms with Crippen molar-refractivity contribution in [2.45, 2.75) is 31.2 Å². The fourth-order valence-corrected chi connectivity index (χ4v) is 4.68. The number of rotatable bonds is 6. The number of carboxylic acids is 1. The van der Waals surface area contributed by atoms with Crippen LogP contribution in [0.3, 0.4) is 0 Å². The van der Waals surface area contributed by atoms with Crippen LogP contribution in [0.1, 0.15) is 36.3 Å². The average Bonchev–Trinajstić information content (AvgIpc) is 3.09. The molecule has 0 unspecified atom stereocenters. The second-order valence-corrected chi connectivity index (χ2v) is 8.20. The maximum atomic E-state index is 12.7. The molecule has 1 aliphatic carbocycles. The molecule has 2 N–H and O–H groups in total. The first-order valence-electron chi connectivity index (χ1n) is 10.6. The Kier molecular flexibility index (Phi) is 6.04. The summed E-state index contributed by atoms with van der Waals surface area (Å²) in [7, 11) is 1.53. The molecule has 1 atom stereocenters. The van der Waals surface area contributed by atoms with Gasteiger partial charge >= 0.3 is 12.1 Å². The van der Waals surface area contributed by atoms with Crippen LogP contribution >= 0.6 is 0 Å². The summed E-state index contributed by atoms with van der Waals surface area (Å²) >= 11 is 0. The molecule has 158 valence electrons. The highest BCUT2D eigenvalue weighted by Gasteiger charge is 2.33. The molecule has 30 heavy (non-hydrogen) atoms. The van der Waals surface area contributed by atoms with Crippen molar-refractivity contribution in [3.63, 3.8) is 0 Å². The van der Waals surface area contributed by atoms with E-state index in [1.165, 1.54) is 11.9 Å². The quantitative estimate of drug-likeness (QED) is 0.762. The number of hydrogen-bond donors (Lipinski definition) is 2. The summed E-state index contributed by atoms with van der Waals surface area (Å²) in [6.07, 6.45) is 1.74. The van der Waals surface area contributed by atoms with E-state index in [2.05, 4.69) is 29.6 Å². The molecular weight excluding hydrogens is 380 g/mol. The number of nitrogens with zero attached hydrogens (tertiary/aromatic N) is 1. The Morgan fingerprint density at radius 1 is 1.07 bits per heavy atom. The van der Waals surface area contributed by atoms with E-state index < -0.39 is 18.1 Å². The first kappa shape index (κ1) is 20.4. The highest BCUT2D eigenvalue weighted by molar-refractivity contribution is 5.81. The van der Waals surface area contributed by atoms with Crippen LogP contribution in [0.2, 0.25) is 0 Å². The molecule has 0 bridgehead atoms. The fraction of sp³-hybridized carbons (Fsp3) is 0.417. The first-order valence-corrected chi connectivity index (χ1v) is 10.6. The molecule has 6 heteroatoms. The van der Waals surface area contributed by atoms with Gasteiger partial charge in [0.05, 0.1) is 0 Å². The molecule has 2 aliphatic rings. The normalized spacial score (nSPS) is 17.1. The number of piperidine rings is 1. The van der Waals surface area contributed by atoms with Crippen molar-refractivity contribution in [3.05, 3.63) is 59.7 Å². The van der Waals surface area contributed by atoms with Crippen LogP contribution in [0.15, 0.2) is 48.5 Å². The molecule has 4 rings (SSSR count). The van der Waals surface area contributed by atoms with Gasteiger partial charge in [0.25, 0.3) is 0 Å². The summed E-state index contributed by atoms with van der Waals surface area (Å²) in [5.74, 6) is -0.719. The van der Waals surface area contributed by atoms with E-state index in [-0.39, 0.29) is 12.5 Å². The predicted octanol–water partition coefficient (Wildman–Crippen LogP) is 3.71. The van der Waals surface area contributed by atoms with Gasteiger partial charge in [0, 0.05) is 13.0 Å². The van der Waals surface area contributed by atoms with Gasteiger partial charge in [-0.05, 0) is 60.5 Å². The van der Waals surface area contributed by atoms with Gasteiger partial charge in [-0.1, -0.05) is 48.5 Å². The van der Waals surface area contributed by atoms with E-state index in [9.17, 15) is 14.7 Å². The van der Waals surface area contributed by atoms with Gasteiger partial charge in [-0.2, -0.15) is 0 Å². The Bertz CT molecular complexity index is 877. The number of nitrogens with one attached hydrogen (secondary N) is 1. The largest absolute Gasteiger partial charge is 0.480 e. The van der Waals surface area contributed by atoms with Gasteiger partial charge in [-0.15, -0.1) is 0 Å². The van der Waals surface area contributed by atoms with Crippen LogP contribution < -0.4 is 5.32 Å². The Morgan fingerprint density at radius 3 is 2.20 bits per heavy atom. The topological polar surface area (TPSA) is 78.9 Å². The number of amides is 1. The zero-order chi connectivity index (χ0) is 21.1. The average molecular weight is 408 g/mol. The van der Waals surface area contributed by atoms with Crippen molar-refractivity contribution < 1.29 is 19.4 Å². The van der Waals surface area contributed by atoms with E-state index >= 15 is 0 Å². The Hall–Kier alpha value is -2.86. The van der Waals surface area contributed by atoms with Crippen molar-refractivity contribution in [3.8, 4) is 11.1 Å². The highest BCUT2D eigenvalue weighted by atomic mass is 16.6. The number of benzene rings is 2. The van der Waals surface area contributed by atoms with Crippen LogP contribution in [-0.2, 0) is 9.53 Å². The molecule has 1 fully saturated rings. The molecule has 2 aromatic rings. The SMILES string of the molecule is CN(C(=O)OCC1c2ccccc2-c2ccccc21)[C@@H](CC1CCNCC1)C(=O)O. The van der Waals surface area contributed by atoms with Crippen LogP contribution in [-0.4, -0.2) is 54.9 Å². The smallest absolute Gasteiger partial charge is 0.410 e. The van der Waals surface area contributed by atoms with Crippen molar-refractivity contribution in [1.82, 2.24) is 10.2 Å². The molecule has 2 aromatic carbocycles. The molecule has 1 saturated heterocycles. The number of carboxylic acid groups (broad SMARTS) is 1. The molecule has 0 aromatic heterocycles. The third-order valence-corrected chi connectivity index (χ3v) is 6.39. The van der Waals surface area contributed by atoms with Crippen LogP contribution in [0.4, 0.5) is 4.79 Å². The first-order chi connectivity index (χ1) is 14.6. The molecule has 0 spiro atoms. The van der Waals surface area contributed by atoms with Gasteiger partial charge < -0.3 is 15.2 Å². The third kappa shape index (κ3) is 4.05. The second kappa shape index (κ2) is 8.88. The van der Waals surface area contributed by atoms with Gasteiger partial charge in [0.1, 0.15) is 12.6 Å². The lowest BCUT2D eigenvalue weighted by atomic mass is 9.90. The Balaban J connectivity index is 1.44. The lowest BCUT2D eigenvalue weighted by molar-refractivity contribution is -0.143. The van der Waals surface area contributed by atoms with Crippen molar-refractivity contribution >= 4 is 12.1 Å². The Labute approximate surface area is 176 Å². The minimum atomic E-state index is -0.982. The Morgan fingerprint density at radius 2 is 1.63 bits per heavy atom. The van der Waals surface area contributed by atoms with Gasteiger partial charge in [-0.3, -0.25) is 4.90 Å². The van der Waals surface area contributed by atoms with Crippen LogP contribution in [0.5, 0.6) is 0 Å². The van der Waals surface area contributed by atoms with Crippen molar-refractivity contribution in [2.24, 2.45) is 5.92 Å². The lowest BCUT2D eigenvalue weighted by Crippen LogP contribution is -2.45. The molecule has 0 radical (unpaired) electrons. The molecule has 6 nitrogen and oxygen atoms in total. The minimum absolute atomic E-state index is 0.0394. The summed E-state index contributed by atoms with van der Waals surface area (Å²) in [6, 6.07) is 15.4. The zero-order valence-corrected chi connectivity index (χ0v) is 17.2. The summed E-state index contributed by atoms with van der Waals surface area (Å²) in [5, 5.41) is 13.0. The molecular formula is C24H28N2O4. The minimum Gasteiger partial charge on any atom is -0.480 e. The monoisotopic (exact) mass is 408 g/mol. The summed E-state index contributed by atoms with van der Waals surface area (Å²) in [6.45, 7) is 1.98. The predicted molar refractivity (Wildman–Crippen MR) is 114 cm³/mol. The van der Waals surface area contributed by atoms with Gasteiger partial charge in [0.2, 0.25) is 0 Å². The number of likely N-dealkylation sites (N-methyl/N-ethyl adjacent to an activating group) is 1. The number of fused-ring (bicyclic) bond motifs is 3. The number of carbonyl (C=O) groups excluding carboxylic acids is 1. The summed E-state index contributed by atoms with van der Waals surface area (Å²) in [5.41, 5.74) is 4.60. The highest BCUT2D eigenvalue weighted by Crippen LogP contribution is 2.44. The van der Waals surface area contributed by atoms with E-state index in [0.717, 1.165) is 48.2 Å². The molecule has 1 amide bonds. The lowest BCUT2D eigenvalue weighted by Gasteiger charge is -2.30. The van der Waals surface area contributed by atoms with Crippen LogP contribution in [0, 0.1) is 5.92 Å². The summed E-state index contributed by atoms with van der Waals surface area (Å²) < 4.78 is 5.63. The van der Waals surface area contributed by atoms with Crippen molar-refractivity contribution in [1.29, 1.82) is 0 Å². The molecule has 0 saturated carbocycles. The summed E-state index contributed by atoms with van der Waals surface area (Å²) in [4.78, 5) is 25.8. The third-order valence-electron chi connectivity index (χ3n) is 6.39. The standard InChI is InChI=1S/C24H28N2O4/c1-26(22(23(27)28)14-16-10-12-25-13-11-16)24(29)30-15-21-19-8-4-2-6-17(19)18-7-3-5-9-20(18)21/h2-9,16,21-22,25H,10-15H2,1H3,(H,27,28)/t22-/m0/s1.